The van der Waals surface area contributed by atoms with Crippen molar-refractivity contribution in [1.29, 1.82) is 0 Å². The molecule has 2 heterocycles. The van der Waals surface area contributed by atoms with Crippen molar-refractivity contribution in [3.63, 3.8) is 0 Å². The van der Waals surface area contributed by atoms with Crippen LogP contribution in [0.25, 0.3) is 0 Å². The standard InChI is InChI=1S/C10H19ClN2O2S/c1-12-5-2-3-9-7-13(6-4-10(9)12)16(14,15)8-11/h9-10H,2-8H2,1H3. The molecule has 2 saturated heterocycles. The van der Waals surface area contributed by atoms with Gasteiger partial charge < -0.3 is 4.90 Å². The number of alkyl halides is 1. The Morgan fingerprint density at radius 2 is 2.06 bits per heavy atom. The zero-order valence-electron chi connectivity index (χ0n) is 9.60. The molecule has 0 bridgehead atoms. The lowest BCUT2D eigenvalue weighted by Crippen LogP contribution is -2.53. The molecule has 2 aliphatic heterocycles. The second-order valence-electron chi connectivity index (χ2n) is 4.82. The zero-order chi connectivity index (χ0) is 11.8. The second kappa shape index (κ2) is 4.80. The van der Waals surface area contributed by atoms with Crippen LogP contribution in [0.3, 0.4) is 0 Å². The predicted molar refractivity (Wildman–Crippen MR) is 65.0 cm³/mol. The van der Waals surface area contributed by atoms with Crippen LogP contribution >= 0.6 is 11.6 Å². The van der Waals surface area contributed by atoms with Gasteiger partial charge in [-0.2, -0.15) is 0 Å². The summed E-state index contributed by atoms with van der Waals surface area (Å²) in [6.45, 7) is 2.42. The van der Waals surface area contributed by atoms with E-state index in [2.05, 4.69) is 11.9 Å². The van der Waals surface area contributed by atoms with Gasteiger partial charge in [-0.25, -0.2) is 12.7 Å². The molecular weight excluding hydrogens is 248 g/mol. The lowest BCUT2D eigenvalue weighted by Gasteiger charge is -2.45. The quantitative estimate of drug-likeness (QED) is 0.698. The third kappa shape index (κ3) is 2.37. The van der Waals surface area contributed by atoms with Crippen LogP contribution in [0, 0.1) is 5.92 Å². The monoisotopic (exact) mass is 266 g/mol. The Bertz CT molecular complexity index is 347. The lowest BCUT2D eigenvalue weighted by atomic mass is 9.85. The first-order chi connectivity index (χ1) is 7.54. The van der Waals surface area contributed by atoms with Crippen LogP contribution in [-0.4, -0.2) is 55.6 Å². The third-order valence-corrected chi connectivity index (χ3v) is 6.06. The molecule has 2 unspecified atom stereocenters. The summed E-state index contributed by atoms with van der Waals surface area (Å²) in [7, 11) is -1.07. The van der Waals surface area contributed by atoms with Crippen molar-refractivity contribution in [1.82, 2.24) is 9.21 Å². The number of halogens is 1. The molecule has 2 atom stereocenters. The van der Waals surface area contributed by atoms with Crippen molar-refractivity contribution >= 4 is 21.6 Å². The van der Waals surface area contributed by atoms with Crippen molar-refractivity contribution in [3.05, 3.63) is 0 Å². The first-order valence-corrected chi connectivity index (χ1v) is 7.93. The van der Waals surface area contributed by atoms with Crippen LogP contribution in [-0.2, 0) is 10.0 Å². The summed E-state index contributed by atoms with van der Waals surface area (Å²) in [6, 6.07) is 0.565. The maximum atomic E-state index is 11.7. The van der Waals surface area contributed by atoms with Gasteiger partial charge in [0.2, 0.25) is 10.0 Å². The lowest BCUT2D eigenvalue weighted by molar-refractivity contribution is 0.0673. The highest BCUT2D eigenvalue weighted by Crippen LogP contribution is 2.30. The molecule has 2 aliphatic rings. The van der Waals surface area contributed by atoms with Crippen LogP contribution in [0.4, 0.5) is 0 Å². The smallest absolute Gasteiger partial charge is 0.228 e. The fraction of sp³-hybridized carbons (Fsp3) is 1.00. The molecule has 16 heavy (non-hydrogen) atoms. The minimum absolute atomic E-state index is 0.291. The topological polar surface area (TPSA) is 40.6 Å². The molecule has 2 rings (SSSR count). The Morgan fingerprint density at radius 3 is 2.75 bits per heavy atom. The Morgan fingerprint density at radius 1 is 1.31 bits per heavy atom. The molecule has 0 saturated carbocycles. The van der Waals surface area contributed by atoms with Crippen LogP contribution in [0.1, 0.15) is 19.3 Å². The van der Waals surface area contributed by atoms with E-state index in [1.165, 1.54) is 6.42 Å². The fourth-order valence-corrected chi connectivity index (χ4v) is 4.30. The average Bonchev–Trinajstić information content (AvgIpc) is 2.29. The summed E-state index contributed by atoms with van der Waals surface area (Å²) < 4.78 is 25.0. The number of hydrogen-bond donors (Lipinski definition) is 0. The number of fused-ring (bicyclic) bond motifs is 1. The summed E-state index contributed by atoms with van der Waals surface area (Å²) in [5, 5.41) is -0.291. The normalized spacial score (nSPS) is 33.6. The molecule has 0 radical (unpaired) electrons. The van der Waals surface area contributed by atoms with Crippen molar-refractivity contribution in [2.24, 2.45) is 5.92 Å². The van der Waals surface area contributed by atoms with E-state index in [0.29, 0.717) is 25.0 Å². The van der Waals surface area contributed by atoms with Gasteiger partial charge in [-0.3, -0.25) is 0 Å². The summed E-state index contributed by atoms with van der Waals surface area (Å²) in [5.74, 6) is 0.491. The predicted octanol–water partition coefficient (Wildman–Crippen LogP) is 0.929. The number of likely N-dealkylation sites (tertiary alicyclic amines) is 1. The first kappa shape index (κ1) is 12.6. The molecule has 0 aliphatic carbocycles. The molecule has 2 fully saturated rings. The third-order valence-electron chi connectivity index (χ3n) is 3.84. The van der Waals surface area contributed by atoms with E-state index in [-0.39, 0.29) is 5.21 Å². The van der Waals surface area contributed by atoms with Gasteiger partial charge in [0.15, 0.2) is 0 Å². The molecule has 0 N–H and O–H groups in total. The number of hydrogen-bond acceptors (Lipinski definition) is 3. The maximum Gasteiger partial charge on any atom is 0.228 e. The summed E-state index contributed by atoms with van der Waals surface area (Å²) in [4.78, 5) is 2.37. The van der Waals surface area contributed by atoms with E-state index in [4.69, 9.17) is 11.6 Å². The highest BCUT2D eigenvalue weighted by molar-refractivity contribution is 7.90. The zero-order valence-corrected chi connectivity index (χ0v) is 11.2. The van der Waals surface area contributed by atoms with E-state index in [1.54, 1.807) is 4.31 Å². The fourth-order valence-electron chi connectivity index (χ4n) is 2.94. The minimum Gasteiger partial charge on any atom is -0.303 e. The highest BCUT2D eigenvalue weighted by atomic mass is 35.5. The summed E-state index contributed by atoms with van der Waals surface area (Å²) in [6.07, 6.45) is 3.26. The van der Waals surface area contributed by atoms with Crippen molar-refractivity contribution < 1.29 is 8.42 Å². The largest absolute Gasteiger partial charge is 0.303 e. The van der Waals surface area contributed by atoms with Crippen LogP contribution in [0.15, 0.2) is 0 Å². The van der Waals surface area contributed by atoms with E-state index < -0.39 is 10.0 Å². The minimum atomic E-state index is -3.21. The number of piperidine rings is 2. The molecular formula is C10H19ClN2O2S. The molecule has 0 aromatic heterocycles. The SMILES string of the molecule is CN1CCCC2CN(S(=O)(=O)CCl)CCC21. The van der Waals surface area contributed by atoms with Crippen LogP contribution in [0.2, 0.25) is 0 Å². The van der Waals surface area contributed by atoms with Crippen LogP contribution < -0.4 is 0 Å². The van der Waals surface area contributed by atoms with Crippen LogP contribution in [0.5, 0.6) is 0 Å². The molecule has 0 spiro atoms. The second-order valence-corrected chi connectivity index (χ2v) is 7.37. The van der Waals surface area contributed by atoms with Gasteiger partial charge in [0.05, 0.1) is 0 Å². The van der Waals surface area contributed by atoms with E-state index in [0.717, 1.165) is 19.4 Å². The number of rotatable bonds is 2. The molecule has 4 nitrogen and oxygen atoms in total. The molecule has 0 aromatic carbocycles. The summed E-state index contributed by atoms with van der Waals surface area (Å²) in [5.41, 5.74) is 0. The van der Waals surface area contributed by atoms with Gasteiger partial charge in [0, 0.05) is 19.1 Å². The molecule has 94 valence electrons. The molecule has 6 heteroatoms. The van der Waals surface area contributed by atoms with Crippen molar-refractivity contribution in [3.8, 4) is 0 Å². The van der Waals surface area contributed by atoms with Crippen molar-refractivity contribution in [2.75, 3.05) is 31.9 Å². The van der Waals surface area contributed by atoms with E-state index in [9.17, 15) is 8.42 Å². The van der Waals surface area contributed by atoms with Gasteiger partial charge >= 0.3 is 0 Å². The van der Waals surface area contributed by atoms with Gasteiger partial charge in [-0.15, -0.1) is 11.6 Å². The van der Waals surface area contributed by atoms with E-state index >= 15 is 0 Å². The van der Waals surface area contributed by atoms with E-state index in [1.807, 2.05) is 0 Å². The van der Waals surface area contributed by atoms with Crippen molar-refractivity contribution in [2.45, 2.75) is 25.3 Å². The number of nitrogens with zero attached hydrogens (tertiary/aromatic N) is 2. The Balaban J connectivity index is 2.06. The van der Waals surface area contributed by atoms with Gasteiger partial charge in [0.25, 0.3) is 0 Å². The van der Waals surface area contributed by atoms with Gasteiger partial charge in [-0.1, -0.05) is 0 Å². The average molecular weight is 267 g/mol. The van der Waals surface area contributed by atoms with Gasteiger partial charge in [-0.05, 0) is 38.8 Å². The highest BCUT2D eigenvalue weighted by Gasteiger charge is 2.37. The Hall–Kier alpha value is 0.160. The number of sulfonamides is 1. The van der Waals surface area contributed by atoms with Gasteiger partial charge in [0.1, 0.15) is 5.21 Å². The Labute approximate surface area is 103 Å². The Kier molecular flexibility index (Phi) is 3.79. The molecule has 0 aromatic rings. The first-order valence-electron chi connectivity index (χ1n) is 5.78. The maximum absolute atomic E-state index is 11.7. The summed E-state index contributed by atoms with van der Waals surface area (Å²) >= 11 is 5.49. The molecule has 0 amide bonds.